The smallest absolute Gasteiger partial charge is 0.0682 e. The molecule has 1 N–H and O–H groups in total. The third-order valence-corrected chi connectivity index (χ3v) is 3.27. The Labute approximate surface area is 103 Å². The van der Waals surface area contributed by atoms with Crippen LogP contribution in [-0.2, 0) is 13.2 Å². The van der Waals surface area contributed by atoms with Crippen molar-refractivity contribution in [1.29, 1.82) is 0 Å². The molecule has 0 aliphatic heterocycles. The van der Waals surface area contributed by atoms with Crippen molar-refractivity contribution in [3.05, 3.63) is 36.0 Å². The number of unbranched alkanes of at least 4 members (excludes halogenated alkanes) is 3. The molecule has 0 saturated heterocycles. The molecule has 2 aromatic rings. The van der Waals surface area contributed by atoms with Crippen LogP contribution in [0.1, 0.15) is 38.2 Å². The number of hydrogen-bond donors (Lipinski definition) is 1. The zero-order chi connectivity index (χ0) is 12.1. The molecule has 1 aromatic heterocycles. The van der Waals surface area contributed by atoms with Crippen LogP contribution in [0.3, 0.4) is 0 Å². The molecular weight excluding hydrogens is 210 g/mol. The highest BCUT2D eigenvalue weighted by molar-refractivity contribution is 5.80. The SMILES string of the molecule is CCCCCCn1ccc2cc(CO)ccc21. The Kier molecular flexibility index (Phi) is 4.21. The number of aliphatic hydroxyl groups excluding tert-OH is 1. The van der Waals surface area contributed by atoms with E-state index in [9.17, 15) is 0 Å². The van der Waals surface area contributed by atoms with Crippen molar-refractivity contribution in [3.8, 4) is 0 Å². The molecular formula is C15H21NO. The second kappa shape index (κ2) is 5.87. The summed E-state index contributed by atoms with van der Waals surface area (Å²) in [6.45, 7) is 3.46. The van der Waals surface area contributed by atoms with Gasteiger partial charge in [0.25, 0.3) is 0 Å². The molecule has 0 aliphatic carbocycles. The van der Waals surface area contributed by atoms with Gasteiger partial charge in [-0.05, 0) is 35.6 Å². The Morgan fingerprint density at radius 1 is 1.12 bits per heavy atom. The quantitative estimate of drug-likeness (QED) is 0.753. The van der Waals surface area contributed by atoms with Crippen LogP contribution in [0.25, 0.3) is 10.9 Å². The lowest BCUT2D eigenvalue weighted by Gasteiger charge is -2.05. The van der Waals surface area contributed by atoms with Crippen molar-refractivity contribution in [2.75, 3.05) is 0 Å². The molecule has 0 radical (unpaired) electrons. The van der Waals surface area contributed by atoms with Crippen LogP contribution in [0.5, 0.6) is 0 Å². The molecule has 1 aromatic carbocycles. The van der Waals surface area contributed by atoms with E-state index < -0.39 is 0 Å². The van der Waals surface area contributed by atoms with Gasteiger partial charge in [-0.3, -0.25) is 0 Å². The van der Waals surface area contributed by atoms with Gasteiger partial charge in [-0.25, -0.2) is 0 Å². The van der Waals surface area contributed by atoms with Gasteiger partial charge < -0.3 is 9.67 Å². The number of nitrogens with zero attached hydrogens (tertiary/aromatic N) is 1. The van der Waals surface area contributed by atoms with Gasteiger partial charge in [0.2, 0.25) is 0 Å². The molecule has 0 aliphatic rings. The molecule has 1 heterocycles. The Hall–Kier alpha value is -1.28. The number of aromatic nitrogens is 1. The monoisotopic (exact) mass is 231 g/mol. The van der Waals surface area contributed by atoms with E-state index in [4.69, 9.17) is 5.11 Å². The molecule has 0 spiro atoms. The summed E-state index contributed by atoms with van der Waals surface area (Å²) >= 11 is 0. The number of rotatable bonds is 6. The predicted molar refractivity (Wildman–Crippen MR) is 72.0 cm³/mol. The first-order valence-electron chi connectivity index (χ1n) is 6.53. The molecule has 17 heavy (non-hydrogen) atoms. The number of benzene rings is 1. The Bertz CT molecular complexity index is 473. The van der Waals surface area contributed by atoms with Crippen molar-refractivity contribution in [1.82, 2.24) is 4.57 Å². The summed E-state index contributed by atoms with van der Waals surface area (Å²) in [4.78, 5) is 0. The first-order valence-corrected chi connectivity index (χ1v) is 6.53. The van der Waals surface area contributed by atoms with Crippen molar-refractivity contribution >= 4 is 10.9 Å². The van der Waals surface area contributed by atoms with E-state index in [2.05, 4.69) is 35.9 Å². The minimum atomic E-state index is 0.123. The fourth-order valence-corrected chi connectivity index (χ4v) is 2.25. The molecule has 2 rings (SSSR count). The maximum atomic E-state index is 9.10. The molecule has 92 valence electrons. The predicted octanol–water partition coefficient (Wildman–Crippen LogP) is 3.71. The van der Waals surface area contributed by atoms with Crippen LogP contribution in [0.2, 0.25) is 0 Å². The van der Waals surface area contributed by atoms with Crippen LogP contribution < -0.4 is 0 Å². The van der Waals surface area contributed by atoms with Gasteiger partial charge in [0.15, 0.2) is 0 Å². The summed E-state index contributed by atoms with van der Waals surface area (Å²) < 4.78 is 2.31. The number of hydrogen-bond acceptors (Lipinski definition) is 1. The number of aryl methyl sites for hydroxylation is 1. The first kappa shape index (κ1) is 12.2. The fourth-order valence-electron chi connectivity index (χ4n) is 2.25. The highest BCUT2D eigenvalue weighted by Crippen LogP contribution is 2.18. The van der Waals surface area contributed by atoms with E-state index in [1.165, 1.54) is 36.6 Å². The van der Waals surface area contributed by atoms with Gasteiger partial charge in [-0.15, -0.1) is 0 Å². The van der Waals surface area contributed by atoms with E-state index in [-0.39, 0.29) is 6.61 Å². The summed E-state index contributed by atoms with van der Waals surface area (Å²) in [5.74, 6) is 0. The van der Waals surface area contributed by atoms with E-state index >= 15 is 0 Å². The summed E-state index contributed by atoms with van der Waals surface area (Å²) in [5.41, 5.74) is 2.26. The van der Waals surface area contributed by atoms with Crippen LogP contribution in [-0.4, -0.2) is 9.67 Å². The third-order valence-electron chi connectivity index (χ3n) is 3.27. The summed E-state index contributed by atoms with van der Waals surface area (Å²) in [5, 5.41) is 10.3. The van der Waals surface area contributed by atoms with E-state index in [0.29, 0.717) is 0 Å². The molecule has 0 fully saturated rings. The Morgan fingerprint density at radius 2 is 2.00 bits per heavy atom. The van der Waals surface area contributed by atoms with E-state index in [0.717, 1.165) is 12.1 Å². The van der Waals surface area contributed by atoms with Gasteiger partial charge in [0.05, 0.1) is 6.61 Å². The summed E-state index contributed by atoms with van der Waals surface area (Å²) in [6, 6.07) is 8.32. The standard InChI is InChI=1S/C15H21NO/c1-2-3-4-5-9-16-10-8-14-11-13(12-17)6-7-15(14)16/h6-8,10-11,17H,2-5,9,12H2,1H3. The Morgan fingerprint density at radius 3 is 2.76 bits per heavy atom. The second-order valence-corrected chi connectivity index (χ2v) is 4.62. The van der Waals surface area contributed by atoms with Gasteiger partial charge in [-0.2, -0.15) is 0 Å². The molecule has 2 heteroatoms. The molecule has 0 unspecified atom stereocenters. The minimum absolute atomic E-state index is 0.123. The molecule has 0 atom stereocenters. The highest BCUT2D eigenvalue weighted by atomic mass is 16.3. The topological polar surface area (TPSA) is 25.2 Å². The second-order valence-electron chi connectivity index (χ2n) is 4.62. The van der Waals surface area contributed by atoms with Crippen LogP contribution in [0.15, 0.2) is 30.5 Å². The maximum Gasteiger partial charge on any atom is 0.0682 e. The Balaban J connectivity index is 2.08. The molecule has 0 saturated carbocycles. The molecule has 0 bridgehead atoms. The van der Waals surface area contributed by atoms with Crippen molar-refractivity contribution < 1.29 is 5.11 Å². The number of aliphatic hydroxyl groups is 1. The first-order chi connectivity index (χ1) is 8.35. The van der Waals surface area contributed by atoms with E-state index in [1.54, 1.807) is 0 Å². The zero-order valence-electron chi connectivity index (χ0n) is 10.5. The fraction of sp³-hybridized carbons (Fsp3) is 0.467. The van der Waals surface area contributed by atoms with Crippen molar-refractivity contribution in [2.24, 2.45) is 0 Å². The normalized spacial score (nSPS) is 11.2. The summed E-state index contributed by atoms with van der Waals surface area (Å²) in [7, 11) is 0. The third kappa shape index (κ3) is 2.89. The lowest BCUT2D eigenvalue weighted by Crippen LogP contribution is -1.96. The van der Waals surface area contributed by atoms with Crippen LogP contribution in [0, 0.1) is 0 Å². The molecule has 0 amide bonds. The van der Waals surface area contributed by atoms with Crippen LogP contribution in [0.4, 0.5) is 0 Å². The average molecular weight is 231 g/mol. The zero-order valence-corrected chi connectivity index (χ0v) is 10.5. The minimum Gasteiger partial charge on any atom is -0.392 e. The van der Waals surface area contributed by atoms with Crippen LogP contribution >= 0.6 is 0 Å². The highest BCUT2D eigenvalue weighted by Gasteiger charge is 2.01. The van der Waals surface area contributed by atoms with Gasteiger partial charge in [0, 0.05) is 18.3 Å². The largest absolute Gasteiger partial charge is 0.392 e. The van der Waals surface area contributed by atoms with Gasteiger partial charge >= 0.3 is 0 Å². The summed E-state index contributed by atoms with van der Waals surface area (Å²) in [6.07, 6.45) is 7.32. The van der Waals surface area contributed by atoms with Crippen molar-refractivity contribution in [3.63, 3.8) is 0 Å². The van der Waals surface area contributed by atoms with E-state index in [1.807, 2.05) is 6.07 Å². The molecule has 2 nitrogen and oxygen atoms in total. The van der Waals surface area contributed by atoms with Crippen molar-refractivity contribution in [2.45, 2.75) is 45.8 Å². The van der Waals surface area contributed by atoms with Gasteiger partial charge in [-0.1, -0.05) is 32.3 Å². The lowest BCUT2D eigenvalue weighted by molar-refractivity contribution is 0.282. The van der Waals surface area contributed by atoms with Gasteiger partial charge in [0.1, 0.15) is 0 Å². The number of fused-ring (bicyclic) bond motifs is 1. The maximum absolute atomic E-state index is 9.10. The average Bonchev–Trinajstić information content (AvgIpc) is 2.77. The lowest BCUT2D eigenvalue weighted by atomic mass is 10.1.